The van der Waals surface area contributed by atoms with Crippen molar-refractivity contribution in [1.82, 2.24) is 0 Å². The SMILES string of the molecule is COc1ccc2c(c1)CCC2Nc1ccc(C#N)s1. The van der Waals surface area contributed by atoms with Gasteiger partial charge in [-0.1, -0.05) is 6.07 Å². The average molecular weight is 270 g/mol. The Balaban J connectivity index is 1.81. The molecule has 0 aliphatic heterocycles. The maximum absolute atomic E-state index is 8.85. The van der Waals surface area contributed by atoms with Gasteiger partial charge in [-0.25, -0.2) is 0 Å². The third-order valence-electron chi connectivity index (χ3n) is 3.46. The summed E-state index contributed by atoms with van der Waals surface area (Å²) < 4.78 is 5.26. The maximum atomic E-state index is 8.85. The average Bonchev–Trinajstić information content (AvgIpc) is 3.06. The zero-order valence-corrected chi connectivity index (χ0v) is 11.5. The van der Waals surface area contributed by atoms with Crippen LogP contribution in [0.5, 0.6) is 5.75 Å². The molecule has 0 saturated carbocycles. The molecule has 4 heteroatoms. The summed E-state index contributed by atoms with van der Waals surface area (Å²) >= 11 is 1.51. The van der Waals surface area contributed by atoms with E-state index in [9.17, 15) is 0 Å². The van der Waals surface area contributed by atoms with Gasteiger partial charge < -0.3 is 10.1 Å². The van der Waals surface area contributed by atoms with Gasteiger partial charge in [0.05, 0.1) is 18.2 Å². The minimum atomic E-state index is 0.339. The van der Waals surface area contributed by atoms with Crippen LogP contribution in [0.25, 0.3) is 0 Å². The van der Waals surface area contributed by atoms with Crippen LogP contribution in [-0.2, 0) is 6.42 Å². The molecular formula is C15H14N2OS. The zero-order chi connectivity index (χ0) is 13.2. The van der Waals surface area contributed by atoms with Crippen molar-refractivity contribution in [3.8, 4) is 11.8 Å². The number of hydrogen-bond donors (Lipinski definition) is 1. The molecule has 1 heterocycles. The Labute approximate surface area is 116 Å². The van der Waals surface area contributed by atoms with Gasteiger partial charge in [0.15, 0.2) is 0 Å². The fourth-order valence-corrected chi connectivity index (χ4v) is 3.27. The monoisotopic (exact) mass is 270 g/mol. The molecule has 0 bridgehead atoms. The number of methoxy groups -OCH3 is 1. The lowest BCUT2D eigenvalue weighted by molar-refractivity contribution is 0.414. The highest BCUT2D eigenvalue weighted by atomic mass is 32.1. The fraction of sp³-hybridized carbons (Fsp3) is 0.267. The second-order valence-electron chi connectivity index (χ2n) is 4.58. The largest absolute Gasteiger partial charge is 0.497 e. The predicted molar refractivity (Wildman–Crippen MR) is 76.7 cm³/mol. The molecule has 1 aromatic heterocycles. The maximum Gasteiger partial charge on any atom is 0.119 e. The summed E-state index contributed by atoms with van der Waals surface area (Å²) in [6.45, 7) is 0. The van der Waals surface area contributed by atoms with E-state index in [0.717, 1.165) is 28.5 Å². The summed E-state index contributed by atoms with van der Waals surface area (Å²) in [6, 6.07) is 12.6. The number of ether oxygens (including phenoxy) is 1. The lowest BCUT2D eigenvalue weighted by Crippen LogP contribution is -2.05. The molecule has 1 aliphatic rings. The standard InChI is InChI=1S/C15H14N2OS/c1-18-11-3-5-13-10(8-11)2-6-14(13)17-15-7-4-12(9-16)19-15/h3-5,7-8,14,17H,2,6H2,1H3. The quantitative estimate of drug-likeness (QED) is 0.924. The Morgan fingerprint density at radius 3 is 3.00 bits per heavy atom. The van der Waals surface area contributed by atoms with Crippen LogP contribution in [0.1, 0.15) is 28.5 Å². The van der Waals surface area contributed by atoms with Gasteiger partial charge >= 0.3 is 0 Å². The summed E-state index contributed by atoms with van der Waals surface area (Å²) in [7, 11) is 1.70. The molecular weight excluding hydrogens is 256 g/mol. The first-order valence-electron chi connectivity index (χ1n) is 6.23. The topological polar surface area (TPSA) is 45.0 Å². The number of anilines is 1. The number of nitrogens with zero attached hydrogens (tertiary/aromatic N) is 1. The molecule has 0 spiro atoms. The second-order valence-corrected chi connectivity index (χ2v) is 5.66. The molecule has 0 saturated heterocycles. The molecule has 1 N–H and O–H groups in total. The van der Waals surface area contributed by atoms with Crippen molar-refractivity contribution in [2.75, 3.05) is 12.4 Å². The van der Waals surface area contributed by atoms with Gasteiger partial charge in [-0.3, -0.25) is 0 Å². The van der Waals surface area contributed by atoms with Crippen LogP contribution in [-0.4, -0.2) is 7.11 Å². The van der Waals surface area contributed by atoms with Gasteiger partial charge in [-0.15, -0.1) is 11.3 Å². The summed E-state index contributed by atoms with van der Waals surface area (Å²) in [5, 5.41) is 13.4. The number of thiophene rings is 1. The number of nitriles is 1. The molecule has 0 amide bonds. The van der Waals surface area contributed by atoms with Crippen LogP contribution < -0.4 is 10.1 Å². The predicted octanol–water partition coefficient (Wildman–Crippen LogP) is 3.73. The Kier molecular flexibility index (Phi) is 3.14. The Hall–Kier alpha value is -1.99. The first kappa shape index (κ1) is 12.1. The van der Waals surface area contributed by atoms with Crippen molar-refractivity contribution in [1.29, 1.82) is 5.26 Å². The van der Waals surface area contributed by atoms with E-state index in [1.54, 1.807) is 7.11 Å². The van der Waals surface area contributed by atoms with Crippen LogP contribution in [0.15, 0.2) is 30.3 Å². The molecule has 96 valence electrons. The first-order chi connectivity index (χ1) is 9.30. The highest BCUT2D eigenvalue weighted by Gasteiger charge is 2.23. The van der Waals surface area contributed by atoms with Crippen LogP contribution >= 0.6 is 11.3 Å². The molecule has 19 heavy (non-hydrogen) atoms. The van der Waals surface area contributed by atoms with Crippen molar-refractivity contribution in [2.24, 2.45) is 0 Å². The molecule has 1 atom stereocenters. The third-order valence-corrected chi connectivity index (χ3v) is 4.38. The molecule has 0 radical (unpaired) electrons. The van der Waals surface area contributed by atoms with E-state index >= 15 is 0 Å². The Bertz CT molecular complexity index is 642. The minimum absolute atomic E-state index is 0.339. The van der Waals surface area contributed by atoms with Crippen molar-refractivity contribution in [3.05, 3.63) is 46.3 Å². The smallest absolute Gasteiger partial charge is 0.119 e. The lowest BCUT2D eigenvalue weighted by Gasteiger charge is -2.14. The van der Waals surface area contributed by atoms with Gasteiger partial charge in [-0.2, -0.15) is 5.26 Å². The zero-order valence-electron chi connectivity index (χ0n) is 10.6. The fourth-order valence-electron chi connectivity index (χ4n) is 2.52. The van der Waals surface area contributed by atoms with Gasteiger partial charge in [-0.05, 0) is 48.2 Å². The Morgan fingerprint density at radius 1 is 1.37 bits per heavy atom. The van der Waals surface area contributed by atoms with E-state index in [4.69, 9.17) is 10.00 Å². The second kappa shape index (κ2) is 4.94. The van der Waals surface area contributed by atoms with Crippen molar-refractivity contribution >= 4 is 16.3 Å². The highest BCUT2D eigenvalue weighted by molar-refractivity contribution is 7.16. The summed E-state index contributed by atoms with van der Waals surface area (Å²) in [5.74, 6) is 0.919. The number of fused-ring (bicyclic) bond motifs is 1. The number of benzene rings is 1. The van der Waals surface area contributed by atoms with Gasteiger partial charge in [0.25, 0.3) is 0 Å². The van der Waals surface area contributed by atoms with E-state index in [1.165, 1.54) is 22.5 Å². The van der Waals surface area contributed by atoms with E-state index in [0.29, 0.717) is 6.04 Å². The minimum Gasteiger partial charge on any atom is -0.497 e. The van der Waals surface area contributed by atoms with E-state index in [1.807, 2.05) is 18.2 Å². The third kappa shape index (κ3) is 2.29. The van der Waals surface area contributed by atoms with Crippen LogP contribution in [0.4, 0.5) is 5.00 Å². The van der Waals surface area contributed by atoms with Gasteiger partial charge in [0, 0.05) is 0 Å². The molecule has 3 nitrogen and oxygen atoms in total. The normalized spacial score (nSPS) is 16.7. The van der Waals surface area contributed by atoms with Crippen molar-refractivity contribution in [3.63, 3.8) is 0 Å². The molecule has 1 aliphatic carbocycles. The van der Waals surface area contributed by atoms with Gasteiger partial charge in [0.2, 0.25) is 0 Å². The number of aryl methyl sites for hydroxylation is 1. The van der Waals surface area contributed by atoms with Gasteiger partial charge in [0.1, 0.15) is 16.7 Å². The summed E-state index contributed by atoms with van der Waals surface area (Å²) in [6.07, 6.45) is 2.16. The number of rotatable bonds is 3. The van der Waals surface area contributed by atoms with E-state index in [-0.39, 0.29) is 0 Å². The van der Waals surface area contributed by atoms with Crippen LogP contribution in [0.3, 0.4) is 0 Å². The lowest BCUT2D eigenvalue weighted by atomic mass is 10.1. The summed E-state index contributed by atoms with van der Waals surface area (Å²) in [5.41, 5.74) is 2.70. The highest BCUT2D eigenvalue weighted by Crippen LogP contribution is 2.37. The van der Waals surface area contributed by atoms with Crippen molar-refractivity contribution < 1.29 is 4.74 Å². The molecule has 1 unspecified atom stereocenters. The van der Waals surface area contributed by atoms with E-state index < -0.39 is 0 Å². The number of hydrogen-bond acceptors (Lipinski definition) is 4. The molecule has 2 aromatic rings. The summed E-state index contributed by atoms with van der Waals surface area (Å²) in [4.78, 5) is 0.746. The van der Waals surface area contributed by atoms with Crippen LogP contribution in [0.2, 0.25) is 0 Å². The van der Waals surface area contributed by atoms with Crippen molar-refractivity contribution in [2.45, 2.75) is 18.9 Å². The molecule has 0 fully saturated rings. The first-order valence-corrected chi connectivity index (χ1v) is 7.05. The molecule has 1 aromatic carbocycles. The van der Waals surface area contributed by atoms with Crippen LogP contribution in [0, 0.1) is 11.3 Å². The Morgan fingerprint density at radius 2 is 2.26 bits per heavy atom. The van der Waals surface area contributed by atoms with E-state index in [2.05, 4.69) is 23.5 Å². The number of nitrogens with one attached hydrogen (secondary N) is 1. The molecule has 3 rings (SSSR count).